The van der Waals surface area contributed by atoms with Crippen LogP contribution < -0.4 is 5.56 Å². The summed E-state index contributed by atoms with van der Waals surface area (Å²) < 4.78 is 6.34. The van der Waals surface area contributed by atoms with Crippen LogP contribution in [0.15, 0.2) is 82.7 Å². The highest BCUT2D eigenvalue weighted by Gasteiger charge is 2.35. The van der Waals surface area contributed by atoms with Gasteiger partial charge in [-0.1, -0.05) is 54.2 Å². The number of hydrogen-bond acceptors (Lipinski definition) is 7. The lowest BCUT2D eigenvalue weighted by Gasteiger charge is -2.17. The highest BCUT2D eigenvalue weighted by Crippen LogP contribution is 2.27. The van der Waals surface area contributed by atoms with Crippen molar-refractivity contribution in [3.63, 3.8) is 0 Å². The van der Waals surface area contributed by atoms with Crippen LogP contribution in [0.4, 0.5) is 0 Å². The number of aromatic nitrogens is 2. The summed E-state index contributed by atoms with van der Waals surface area (Å²) in [6.07, 6.45) is 0.592. The molecule has 180 valence electrons. The van der Waals surface area contributed by atoms with E-state index < -0.39 is 5.97 Å². The molecule has 5 rings (SSSR count). The molecule has 1 aliphatic heterocycles. The summed E-state index contributed by atoms with van der Waals surface area (Å²) in [5.41, 5.74) is 2.12. The first-order valence-corrected chi connectivity index (χ1v) is 12.2. The average molecular weight is 500 g/mol. The predicted octanol–water partition coefficient (Wildman–Crippen LogP) is 3.77. The number of methoxy groups -OCH3 is 1. The van der Waals surface area contributed by atoms with E-state index >= 15 is 0 Å². The molecule has 0 atom stereocenters. The molecule has 0 bridgehead atoms. The topological polar surface area (TPSA) is 98.6 Å². The Morgan fingerprint density at radius 1 is 0.917 bits per heavy atom. The number of thioether (sulfide) groups is 1. The number of aryl methyl sites for hydroxylation is 1. The third-order valence-electron chi connectivity index (χ3n) is 6.01. The minimum absolute atomic E-state index is 0.00762. The number of carbonyl (C=O) groups is 3. The number of esters is 1. The molecule has 1 aromatic heterocycles. The third-order valence-corrected chi connectivity index (χ3v) is 6.97. The van der Waals surface area contributed by atoms with E-state index in [1.807, 2.05) is 30.3 Å². The van der Waals surface area contributed by atoms with E-state index in [0.29, 0.717) is 40.2 Å². The molecule has 0 fully saturated rings. The zero-order valence-electron chi connectivity index (χ0n) is 19.3. The lowest BCUT2D eigenvalue weighted by atomic mass is 10.1. The standard InChI is InChI=1S/C27H21N3O5S/c1-35-26(34)18-11-12-21-22(15-18)28-27(29(25(21)33)14-13-17-7-3-2-4-8-17)36-16-30-23(31)19-9-5-6-10-20(19)24(30)32/h2-12,15H,13-14,16H2,1H3. The van der Waals surface area contributed by atoms with E-state index in [1.165, 1.54) is 19.2 Å². The second kappa shape index (κ2) is 9.79. The number of benzene rings is 3. The minimum Gasteiger partial charge on any atom is -0.465 e. The molecular weight excluding hydrogens is 478 g/mol. The molecule has 0 aliphatic carbocycles. The quantitative estimate of drug-likeness (QED) is 0.165. The molecule has 4 aromatic rings. The number of hydrogen-bond donors (Lipinski definition) is 0. The molecule has 0 radical (unpaired) electrons. The fraction of sp³-hybridized carbons (Fsp3) is 0.148. The van der Waals surface area contributed by atoms with Gasteiger partial charge in [-0.3, -0.25) is 23.9 Å². The Morgan fingerprint density at radius 2 is 1.58 bits per heavy atom. The first kappa shape index (κ1) is 23.5. The summed E-state index contributed by atoms with van der Waals surface area (Å²) in [5, 5.41) is 0.711. The maximum Gasteiger partial charge on any atom is 0.337 e. The zero-order chi connectivity index (χ0) is 25.2. The zero-order valence-corrected chi connectivity index (χ0v) is 20.2. The molecule has 0 saturated carbocycles. The molecule has 2 heterocycles. The van der Waals surface area contributed by atoms with Gasteiger partial charge in [-0.2, -0.15) is 0 Å². The van der Waals surface area contributed by atoms with Crippen molar-refractivity contribution in [3.8, 4) is 0 Å². The van der Waals surface area contributed by atoms with Gasteiger partial charge in [0.2, 0.25) is 0 Å². The molecule has 0 saturated heterocycles. The number of nitrogens with zero attached hydrogens (tertiary/aromatic N) is 3. The smallest absolute Gasteiger partial charge is 0.337 e. The largest absolute Gasteiger partial charge is 0.465 e. The average Bonchev–Trinajstić information content (AvgIpc) is 3.16. The van der Waals surface area contributed by atoms with Crippen LogP contribution in [0.2, 0.25) is 0 Å². The predicted molar refractivity (Wildman–Crippen MR) is 135 cm³/mol. The lowest BCUT2D eigenvalue weighted by molar-refractivity contribution is 0.0599. The Hall–Kier alpha value is -4.24. The maximum absolute atomic E-state index is 13.5. The summed E-state index contributed by atoms with van der Waals surface area (Å²) in [6, 6.07) is 21.0. The molecule has 0 unspecified atom stereocenters. The van der Waals surface area contributed by atoms with Gasteiger partial charge in [-0.25, -0.2) is 9.78 Å². The van der Waals surface area contributed by atoms with Crippen LogP contribution >= 0.6 is 11.8 Å². The van der Waals surface area contributed by atoms with E-state index in [-0.39, 0.29) is 28.8 Å². The van der Waals surface area contributed by atoms with Crippen LogP contribution in [-0.4, -0.2) is 45.2 Å². The van der Waals surface area contributed by atoms with Gasteiger partial charge in [-0.05, 0) is 42.3 Å². The Balaban J connectivity index is 1.50. The van der Waals surface area contributed by atoms with Crippen LogP contribution in [0.1, 0.15) is 36.6 Å². The molecule has 2 amide bonds. The van der Waals surface area contributed by atoms with Crippen molar-refractivity contribution in [1.82, 2.24) is 14.5 Å². The van der Waals surface area contributed by atoms with Crippen LogP contribution in [0, 0.1) is 0 Å². The SMILES string of the molecule is COC(=O)c1ccc2c(=O)n(CCc3ccccc3)c(SCN3C(=O)c4ccccc4C3=O)nc2c1. The van der Waals surface area contributed by atoms with E-state index in [2.05, 4.69) is 4.98 Å². The van der Waals surface area contributed by atoms with Crippen molar-refractivity contribution < 1.29 is 19.1 Å². The van der Waals surface area contributed by atoms with Gasteiger partial charge in [-0.15, -0.1) is 0 Å². The van der Waals surface area contributed by atoms with E-state index in [1.54, 1.807) is 34.9 Å². The Labute approximate surface area is 210 Å². The van der Waals surface area contributed by atoms with Crippen LogP contribution in [0.3, 0.4) is 0 Å². The van der Waals surface area contributed by atoms with E-state index in [0.717, 1.165) is 22.2 Å². The Morgan fingerprint density at radius 3 is 2.25 bits per heavy atom. The van der Waals surface area contributed by atoms with Crippen LogP contribution in [0.5, 0.6) is 0 Å². The van der Waals surface area contributed by atoms with E-state index in [4.69, 9.17) is 4.74 Å². The number of fused-ring (bicyclic) bond motifs is 2. The third kappa shape index (κ3) is 4.29. The molecule has 9 heteroatoms. The number of amides is 2. The van der Waals surface area contributed by atoms with Gasteiger partial charge in [0.25, 0.3) is 17.4 Å². The van der Waals surface area contributed by atoms with Gasteiger partial charge >= 0.3 is 5.97 Å². The lowest BCUT2D eigenvalue weighted by Crippen LogP contribution is -2.30. The Kier molecular flexibility index (Phi) is 6.39. The Bertz CT molecular complexity index is 1530. The molecule has 36 heavy (non-hydrogen) atoms. The minimum atomic E-state index is -0.535. The summed E-state index contributed by atoms with van der Waals surface area (Å²) in [7, 11) is 1.28. The van der Waals surface area contributed by atoms with E-state index in [9.17, 15) is 19.2 Å². The van der Waals surface area contributed by atoms with Gasteiger partial charge in [0.15, 0.2) is 5.16 Å². The normalized spacial score (nSPS) is 12.8. The fourth-order valence-electron chi connectivity index (χ4n) is 4.12. The molecule has 3 aromatic carbocycles. The number of rotatable bonds is 7. The molecular formula is C27H21N3O5S. The maximum atomic E-state index is 13.5. The van der Waals surface area contributed by atoms with Crippen LogP contribution in [-0.2, 0) is 17.7 Å². The van der Waals surface area contributed by atoms with Crippen molar-refractivity contribution in [2.75, 3.05) is 13.0 Å². The molecule has 8 nitrogen and oxygen atoms in total. The fourth-order valence-corrected chi connectivity index (χ4v) is 5.09. The highest BCUT2D eigenvalue weighted by molar-refractivity contribution is 7.99. The summed E-state index contributed by atoms with van der Waals surface area (Å²) in [6.45, 7) is 0.356. The van der Waals surface area contributed by atoms with Gasteiger partial charge < -0.3 is 4.74 Å². The molecule has 0 N–H and O–H groups in total. The second-order valence-electron chi connectivity index (χ2n) is 8.17. The molecule has 0 spiro atoms. The van der Waals surface area contributed by atoms with Gasteiger partial charge in [0, 0.05) is 6.54 Å². The number of imide groups is 1. The monoisotopic (exact) mass is 499 g/mol. The van der Waals surface area contributed by atoms with Crippen molar-refractivity contribution in [1.29, 1.82) is 0 Å². The summed E-state index contributed by atoms with van der Waals surface area (Å²) >= 11 is 1.13. The summed E-state index contributed by atoms with van der Waals surface area (Å²) in [4.78, 5) is 56.9. The van der Waals surface area contributed by atoms with Gasteiger partial charge in [0.05, 0.1) is 40.6 Å². The number of ether oxygens (including phenoxy) is 1. The van der Waals surface area contributed by atoms with Crippen molar-refractivity contribution in [2.45, 2.75) is 18.1 Å². The summed E-state index contributed by atoms with van der Waals surface area (Å²) in [5.74, 6) is -1.30. The van der Waals surface area contributed by atoms with Crippen LogP contribution in [0.25, 0.3) is 10.9 Å². The molecule has 1 aliphatic rings. The highest BCUT2D eigenvalue weighted by atomic mass is 32.2. The van der Waals surface area contributed by atoms with Gasteiger partial charge in [0.1, 0.15) is 0 Å². The first-order chi connectivity index (χ1) is 17.5. The number of carbonyl (C=O) groups excluding carboxylic acids is 3. The van der Waals surface area contributed by atoms with Crippen molar-refractivity contribution in [2.24, 2.45) is 0 Å². The van der Waals surface area contributed by atoms with Crippen molar-refractivity contribution >= 4 is 40.4 Å². The first-order valence-electron chi connectivity index (χ1n) is 11.2. The van der Waals surface area contributed by atoms with Crippen molar-refractivity contribution in [3.05, 3.63) is 105 Å². The second-order valence-corrected chi connectivity index (χ2v) is 9.08.